The van der Waals surface area contributed by atoms with Crippen LogP contribution in [0.1, 0.15) is 57.1 Å². The van der Waals surface area contributed by atoms with E-state index >= 15 is 0 Å². The number of hydrogen-bond acceptors (Lipinski definition) is 2. The minimum absolute atomic E-state index is 0.0365. The summed E-state index contributed by atoms with van der Waals surface area (Å²) in [6, 6.07) is 11.5. The number of carbonyl (C=O) groups is 1. The molecular formula is C24H26Cl2N2O. The zero-order valence-corrected chi connectivity index (χ0v) is 18.4. The number of nitriles is 1. The third kappa shape index (κ3) is 5.32. The van der Waals surface area contributed by atoms with Gasteiger partial charge in [-0.15, -0.1) is 0 Å². The fraction of sp³-hybridized carbons (Fsp3) is 0.417. The van der Waals surface area contributed by atoms with Gasteiger partial charge >= 0.3 is 0 Å². The Morgan fingerprint density at radius 3 is 2.38 bits per heavy atom. The molecule has 1 aliphatic rings. The lowest BCUT2D eigenvalue weighted by atomic mass is 9.88. The minimum Gasteiger partial charge on any atom is -0.326 e. The Bertz CT molecular complexity index is 917. The zero-order valence-electron chi connectivity index (χ0n) is 16.9. The molecule has 29 heavy (non-hydrogen) atoms. The van der Waals surface area contributed by atoms with Gasteiger partial charge in [-0.3, -0.25) is 4.79 Å². The summed E-state index contributed by atoms with van der Waals surface area (Å²) in [4.78, 5) is 12.5. The molecule has 2 aromatic carbocycles. The Hall–Kier alpha value is -2.02. The van der Waals surface area contributed by atoms with Gasteiger partial charge in [0.05, 0.1) is 21.7 Å². The van der Waals surface area contributed by atoms with Crippen LogP contribution in [-0.4, -0.2) is 5.91 Å². The van der Waals surface area contributed by atoms with Crippen molar-refractivity contribution in [2.24, 2.45) is 11.8 Å². The summed E-state index contributed by atoms with van der Waals surface area (Å²) >= 11 is 13.1. The van der Waals surface area contributed by atoms with Crippen molar-refractivity contribution < 1.29 is 4.79 Å². The Labute approximate surface area is 183 Å². The fourth-order valence-electron chi connectivity index (χ4n) is 3.98. The molecule has 1 amide bonds. The van der Waals surface area contributed by atoms with Gasteiger partial charge in [0.1, 0.15) is 0 Å². The largest absolute Gasteiger partial charge is 0.326 e. The van der Waals surface area contributed by atoms with Crippen molar-refractivity contribution in [1.82, 2.24) is 0 Å². The third-order valence-corrected chi connectivity index (χ3v) is 6.03. The highest BCUT2D eigenvalue weighted by atomic mass is 35.5. The number of amides is 1. The molecule has 2 aromatic rings. The number of rotatable bonds is 5. The summed E-state index contributed by atoms with van der Waals surface area (Å²) in [6.07, 6.45) is 6.13. The van der Waals surface area contributed by atoms with Gasteiger partial charge < -0.3 is 5.32 Å². The van der Waals surface area contributed by atoms with Gasteiger partial charge in [0.15, 0.2) is 0 Å². The monoisotopic (exact) mass is 428 g/mol. The Balaban J connectivity index is 1.86. The maximum Gasteiger partial charge on any atom is 0.227 e. The van der Waals surface area contributed by atoms with Crippen molar-refractivity contribution in [3.8, 4) is 17.2 Å². The summed E-state index contributed by atoms with van der Waals surface area (Å²) in [6.45, 7) is 4.26. The maximum atomic E-state index is 12.5. The van der Waals surface area contributed by atoms with E-state index < -0.39 is 0 Å². The lowest BCUT2D eigenvalue weighted by Gasteiger charge is -2.21. The van der Waals surface area contributed by atoms with Crippen molar-refractivity contribution in [3.05, 3.63) is 51.5 Å². The standard InChI is InChI=1S/C24H26Cl2N2O/c1-15(2)10-17-8-9-18(11-19(17)14-27)23-21(25)12-20(13-22(23)26)28-24(29)16-6-4-3-5-7-16/h8-9,11-13,15-16H,3-7,10H2,1-2H3,(H,28,29). The number of benzene rings is 2. The van der Waals surface area contributed by atoms with Gasteiger partial charge in [-0.1, -0.05) is 68.4 Å². The van der Waals surface area contributed by atoms with Crippen molar-refractivity contribution in [1.29, 1.82) is 5.26 Å². The predicted octanol–water partition coefficient (Wildman–Crippen LogP) is 7.25. The van der Waals surface area contributed by atoms with Crippen LogP contribution in [0.4, 0.5) is 5.69 Å². The molecule has 0 radical (unpaired) electrons. The number of anilines is 1. The fourth-order valence-corrected chi connectivity index (χ4v) is 4.69. The van der Waals surface area contributed by atoms with E-state index in [1.807, 2.05) is 18.2 Å². The molecule has 0 aromatic heterocycles. The number of nitrogens with zero attached hydrogens (tertiary/aromatic N) is 1. The Morgan fingerprint density at radius 1 is 1.14 bits per heavy atom. The Morgan fingerprint density at radius 2 is 1.79 bits per heavy atom. The van der Waals surface area contributed by atoms with Crippen LogP contribution >= 0.6 is 23.2 Å². The van der Waals surface area contributed by atoms with Crippen LogP contribution in [0.3, 0.4) is 0 Å². The van der Waals surface area contributed by atoms with Gasteiger partial charge in [-0.05, 0) is 54.5 Å². The van der Waals surface area contributed by atoms with Crippen molar-refractivity contribution in [2.75, 3.05) is 5.32 Å². The molecule has 0 spiro atoms. The summed E-state index contributed by atoms with van der Waals surface area (Å²) < 4.78 is 0. The molecule has 0 atom stereocenters. The molecule has 0 bridgehead atoms. The zero-order chi connectivity index (χ0) is 21.0. The summed E-state index contributed by atoms with van der Waals surface area (Å²) in [5.41, 5.74) is 3.75. The van der Waals surface area contributed by atoms with E-state index in [4.69, 9.17) is 23.2 Å². The van der Waals surface area contributed by atoms with Gasteiger partial charge in [-0.2, -0.15) is 5.26 Å². The topological polar surface area (TPSA) is 52.9 Å². The van der Waals surface area contributed by atoms with Crippen LogP contribution in [0, 0.1) is 23.2 Å². The highest BCUT2D eigenvalue weighted by Crippen LogP contribution is 2.38. The molecule has 0 saturated heterocycles. The molecule has 1 N–H and O–H groups in total. The van der Waals surface area contributed by atoms with E-state index in [0.29, 0.717) is 32.8 Å². The van der Waals surface area contributed by atoms with Crippen molar-refractivity contribution >= 4 is 34.8 Å². The number of nitrogens with one attached hydrogen (secondary N) is 1. The van der Waals surface area contributed by atoms with Crippen molar-refractivity contribution in [2.45, 2.75) is 52.4 Å². The van der Waals surface area contributed by atoms with Crippen molar-refractivity contribution in [3.63, 3.8) is 0 Å². The molecular weight excluding hydrogens is 403 g/mol. The first-order chi connectivity index (χ1) is 13.9. The van der Waals surface area contributed by atoms with Crippen LogP contribution in [-0.2, 0) is 11.2 Å². The lowest BCUT2D eigenvalue weighted by Crippen LogP contribution is -2.24. The number of carbonyl (C=O) groups excluding carboxylic acids is 1. The minimum atomic E-state index is 0.0365. The molecule has 5 heteroatoms. The third-order valence-electron chi connectivity index (χ3n) is 5.43. The highest BCUT2D eigenvalue weighted by Gasteiger charge is 2.22. The maximum absolute atomic E-state index is 12.5. The molecule has 152 valence electrons. The molecule has 3 nitrogen and oxygen atoms in total. The summed E-state index contributed by atoms with van der Waals surface area (Å²) in [7, 11) is 0. The smallest absolute Gasteiger partial charge is 0.227 e. The van der Waals surface area contributed by atoms with Crippen LogP contribution in [0.25, 0.3) is 11.1 Å². The van der Waals surface area contributed by atoms with Crippen LogP contribution < -0.4 is 5.32 Å². The first kappa shape index (κ1) is 21.7. The first-order valence-electron chi connectivity index (χ1n) is 10.2. The number of halogens is 2. The molecule has 0 heterocycles. The van der Waals surface area contributed by atoms with Crippen LogP contribution in [0.2, 0.25) is 10.0 Å². The molecule has 0 aliphatic heterocycles. The molecule has 3 rings (SSSR count). The number of hydrogen-bond donors (Lipinski definition) is 1. The van der Waals surface area contributed by atoms with E-state index in [1.54, 1.807) is 12.1 Å². The van der Waals surface area contributed by atoms with Gasteiger partial charge in [0.2, 0.25) is 5.91 Å². The summed E-state index contributed by atoms with van der Waals surface area (Å²) in [5, 5.41) is 13.4. The molecule has 1 aliphatic carbocycles. The van der Waals surface area contributed by atoms with Gasteiger partial charge in [-0.25, -0.2) is 0 Å². The van der Waals surface area contributed by atoms with Crippen LogP contribution in [0.5, 0.6) is 0 Å². The van der Waals surface area contributed by atoms with E-state index in [-0.39, 0.29) is 11.8 Å². The molecule has 1 saturated carbocycles. The SMILES string of the molecule is CC(C)Cc1ccc(-c2c(Cl)cc(NC(=O)C3CCCCC3)cc2Cl)cc1C#N. The second kappa shape index (κ2) is 9.65. The lowest BCUT2D eigenvalue weighted by molar-refractivity contribution is -0.120. The second-order valence-electron chi connectivity index (χ2n) is 8.22. The average molecular weight is 429 g/mol. The quantitative estimate of drug-likeness (QED) is 0.544. The van der Waals surface area contributed by atoms with Gasteiger partial charge in [0, 0.05) is 17.2 Å². The van der Waals surface area contributed by atoms with E-state index in [1.165, 1.54) is 6.42 Å². The Kier molecular flexibility index (Phi) is 7.22. The normalized spacial score (nSPS) is 14.6. The van der Waals surface area contributed by atoms with Gasteiger partial charge in [0.25, 0.3) is 0 Å². The average Bonchev–Trinajstić information content (AvgIpc) is 2.68. The van der Waals surface area contributed by atoms with E-state index in [9.17, 15) is 10.1 Å². The van der Waals surface area contributed by atoms with E-state index in [0.717, 1.165) is 43.2 Å². The summed E-state index contributed by atoms with van der Waals surface area (Å²) in [5.74, 6) is 0.564. The van der Waals surface area contributed by atoms with Crippen LogP contribution in [0.15, 0.2) is 30.3 Å². The second-order valence-corrected chi connectivity index (χ2v) is 9.04. The molecule has 0 unspecified atom stereocenters. The van der Waals surface area contributed by atoms with E-state index in [2.05, 4.69) is 25.2 Å². The first-order valence-corrected chi connectivity index (χ1v) is 11.0. The highest BCUT2D eigenvalue weighted by molar-refractivity contribution is 6.39. The predicted molar refractivity (Wildman–Crippen MR) is 120 cm³/mol. The molecule has 1 fully saturated rings.